The molecule has 0 heterocycles. The van der Waals surface area contributed by atoms with Gasteiger partial charge in [-0.25, -0.2) is 0 Å². The van der Waals surface area contributed by atoms with Crippen molar-refractivity contribution in [1.82, 2.24) is 0 Å². The van der Waals surface area contributed by atoms with Gasteiger partial charge in [0.2, 0.25) is 8.32 Å². The molecule has 0 aromatic heterocycles. The van der Waals surface area contributed by atoms with Crippen LogP contribution < -0.4 is 9.89 Å². The van der Waals surface area contributed by atoms with E-state index >= 15 is 0 Å². The SMILES string of the molecule is C[Si](C)(C)Oc1ccc(B(O)O)cc1. The van der Waals surface area contributed by atoms with Gasteiger partial charge in [-0.3, -0.25) is 0 Å². The van der Waals surface area contributed by atoms with Crippen molar-refractivity contribution in [2.45, 2.75) is 19.6 Å². The third-order valence-electron chi connectivity index (χ3n) is 1.60. The Bertz CT molecular complexity index is 292. The Balaban J connectivity index is 2.74. The fourth-order valence-electron chi connectivity index (χ4n) is 1.06. The normalized spacial score (nSPS) is 11.2. The Labute approximate surface area is 85.6 Å². The minimum Gasteiger partial charge on any atom is -0.544 e. The van der Waals surface area contributed by atoms with E-state index in [1.54, 1.807) is 24.3 Å². The highest BCUT2D eigenvalue weighted by Gasteiger charge is 2.16. The quantitative estimate of drug-likeness (QED) is 0.717. The fourth-order valence-corrected chi connectivity index (χ4v) is 1.90. The highest BCUT2D eigenvalue weighted by atomic mass is 28.4. The van der Waals surface area contributed by atoms with Crippen LogP contribution in [0.4, 0.5) is 0 Å². The van der Waals surface area contributed by atoms with E-state index in [-0.39, 0.29) is 0 Å². The summed E-state index contributed by atoms with van der Waals surface area (Å²) in [5.74, 6) is 0.786. The van der Waals surface area contributed by atoms with Crippen molar-refractivity contribution in [3.8, 4) is 5.75 Å². The first kappa shape index (κ1) is 11.3. The number of benzene rings is 1. The maximum absolute atomic E-state index is 8.87. The minimum atomic E-state index is -1.57. The van der Waals surface area contributed by atoms with Gasteiger partial charge in [0.15, 0.2) is 0 Å². The summed E-state index contributed by atoms with van der Waals surface area (Å²) in [4.78, 5) is 0. The van der Waals surface area contributed by atoms with Crippen LogP contribution in [-0.4, -0.2) is 25.5 Å². The van der Waals surface area contributed by atoms with Crippen molar-refractivity contribution >= 4 is 20.9 Å². The van der Waals surface area contributed by atoms with E-state index < -0.39 is 15.4 Å². The van der Waals surface area contributed by atoms with Gasteiger partial charge in [0, 0.05) is 0 Å². The lowest BCUT2D eigenvalue weighted by atomic mass is 9.80. The van der Waals surface area contributed by atoms with Crippen LogP contribution in [0.5, 0.6) is 5.75 Å². The third kappa shape index (κ3) is 3.53. The standard InChI is InChI=1S/C9H15BO3Si/c1-14(2,3)13-9-6-4-8(5-7-9)10(11)12/h4-7,11-12H,1-3H3. The Morgan fingerprint density at radius 1 is 1.07 bits per heavy atom. The van der Waals surface area contributed by atoms with Crippen LogP contribution in [0, 0.1) is 0 Å². The van der Waals surface area contributed by atoms with Gasteiger partial charge in [-0.2, -0.15) is 0 Å². The van der Waals surface area contributed by atoms with Crippen LogP contribution in [0.15, 0.2) is 24.3 Å². The molecule has 0 aliphatic carbocycles. The molecule has 0 saturated carbocycles. The topological polar surface area (TPSA) is 49.7 Å². The summed E-state index contributed by atoms with van der Waals surface area (Å²) in [5, 5.41) is 17.7. The Morgan fingerprint density at radius 3 is 1.93 bits per heavy atom. The summed E-state index contributed by atoms with van der Waals surface area (Å²) in [7, 11) is -2.97. The summed E-state index contributed by atoms with van der Waals surface area (Å²) >= 11 is 0. The van der Waals surface area contributed by atoms with E-state index in [4.69, 9.17) is 14.5 Å². The van der Waals surface area contributed by atoms with Crippen molar-refractivity contribution in [3.63, 3.8) is 0 Å². The lowest BCUT2D eigenvalue weighted by Gasteiger charge is -2.19. The van der Waals surface area contributed by atoms with Crippen LogP contribution in [-0.2, 0) is 0 Å². The van der Waals surface area contributed by atoms with E-state index in [1.165, 1.54) is 0 Å². The summed E-state index contributed by atoms with van der Waals surface area (Å²) in [6.07, 6.45) is 0. The maximum Gasteiger partial charge on any atom is 0.488 e. The van der Waals surface area contributed by atoms with E-state index in [0.717, 1.165) is 5.75 Å². The van der Waals surface area contributed by atoms with Gasteiger partial charge in [-0.05, 0) is 37.2 Å². The minimum absolute atomic E-state index is 0.480. The van der Waals surface area contributed by atoms with Gasteiger partial charge in [0.1, 0.15) is 5.75 Å². The first-order chi connectivity index (χ1) is 6.38. The van der Waals surface area contributed by atoms with Crippen molar-refractivity contribution in [2.24, 2.45) is 0 Å². The molecule has 5 heteroatoms. The highest BCUT2D eigenvalue weighted by Crippen LogP contribution is 2.13. The number of hydrogen-bond donors (Lipinski definition) is 2. The van der Waals surface area contributed by atoms with Crippen LogP contribution in [0.3, 0.4) is 0 Å². The van der Waals surface area contributed by atoms with E-state index in [0.29, 0.717) is 5.46 Å². The van der Waals surface area contributed by atoms with E-state index in [9.17, 15) is 0 Å². The van der Waals surface area contributed by atoms with Gasteiger partial charge in [-0.1, -0.05) is 12.1 Å². The summed E-state index contributed by atoms with van der Waals surface area (Å²) in [5.41, 5.74) is 0.480. The first-order valence-corrected chi connectivity index (χ1v) is 7.94. The zero-order valence-electron chi connectivity index (χ0n) is 8.69. The number of hydrogen-bond acceptors (Lipinski definition) is 3. The summed E-state index contributed by atoms with van der Waals surface area (Å²) in [6, 6.07) is 6.82. The van der Waals surface area contributed by atoms with Crippen molar-refractivity contribution in [2.75, 3.05) is 0 Å². The smallest absolute Gasteiger partial charge is 0.488 e. The molecule has 0 spiro atoms. The van der Waals surface area contributed by atoms with Gasteiger partial charge in [0.25, 0.3) is 0 Å². The predicted molar refractivity (Wildman–Crippen MR) is 60.2 cm³/mol. The average Bonchev–Trinajstić information content (AvgIpc) is 2.02. The van der Waals surface area contributed by atoms with Gasteiger partial charge >= 0.3 is 7.12 Å². The Kier molecular flexibility index (Phi) is 3.36. The molecule has 3 nitrogen and oxygen atoms in total. The number of rotatable bonds is 3. The Hall–Kier alpha value is -0.778. The molecule has 0 saturated heterocycles. The highest BCUT2D eigenvalue weighted by molar-refractivity contribution is 6.70. The molecule has 0 radical (unpaired) electrons. The fraction of sp³-hybridized carbons (Fsp3) is 0.333. The molecular weight excluding hydrogens is 195 g/mol. The molecule has 0 fully saturated rings. The molecule has 1 aromatic rings. The summed E-state index contributed by atoms with van der Waals surface area (Å²) < 4.78 is 5.71. The lowest BCUT2D eigenvalue weighted by Crippen LogP contribution is -2.31. The van der Waals surface area contributed by atoms with Gasteiger partial charge < -0.3 is 14.5 Å². The van der Waals surface area contributed by atoms with Crippen LogP contribution >= 0.6 is 0 Å². The molecule has 0 atom stereocenters. The van der Waals surface area contributed by atoms with Gasteiger partial charge in [-0.15, -0.1) is 0 Å². The molecule has 76 valence electrons. The van der Waals surface area contributed by atoms with Crippen LogP contribution in [0.2, 0.25) is 19.6 Å². The zero-order valence-corrected chi connectivity index (χ0v) is 9.69. The second-order valence-corrected chi connectivity index (χ2v) is 8.59. The van der Waals surface area contributed by atoms with Crippen molar-refractivity contribution < 1.29 is 14.5 Å². The lowest BCUT2D eigenvalue weighted by molar-refractivity contribution is 0.425. The second kappa shape index (κ2) is 4.17. The van der Waals surface area contributed by atoms with Crippen LogP contribution in [0.1, 0.15) is 0 Å². The Morgan fingerprint density at radius 2 is 1.57 bits per heavy atom. The molecule has 0 amide bonds. The van der Waals surface area contributed by atoms with E-state index in [2.05, 4.69) is 19.6 Å². The molecule has 0 bridgehead atoms. The monoisotopic (exact) mass is 210 g/mol. The molecule has 0 aliphatic heterocycles. The van der Waals surface area contributed by atoms with E-state index in [1.807, 2.05) is 0 Å². The second-order valence-electron chi connectivity index (χ2n) is 4.16. The third-order valence-corrected chi connectivity index (χ3v) is 2.45. The summed E-state index contributed by atoms with van der Waals surface area (Å²) in [6.45, 7) is 6.30. The maximum atomic E-state index is 8.87. The molecule has 0 aliphatic rings. The van der Waals surface area contributed by atoms with Crippen LogP contribution in [0.25, 0.3) is 0 Å². The predicted octanol–water partition coefficient (Wildman–Crippen LogP) is 0.580. The molecule has 2 N–H and O–H groups in total. The van der Waals surface area contributed by atoms with Crippen molar-refractivity contribution in [3.05, 3.63) is 24.3 Å². The molecule has 14 heavy (non-hydrogen) atoms. The molecule has 1 rings (SSSR count). The molecule has 0 unspecified atom stereocenters. The average molecular weight is 210 g/mol. The van der Waals surface area contributed by atoms with Crippen molar-refractivity contribution in [1.29, 1.82) is 0 Å². The van der Waals surface area contributed by atoms with Gasteiger partial charge in [0.05, 0.1) is 0 Å². The largest absolute Gasteiger partial charge is 0.544 e. The molecule has 1 aromatic carbocycles. The molecular formula is C9H15BO3Si. The zero-order chi connectivity index (χ0) is 10.8. The first-order valence-electron chi connectivity index (χ1n) is 4.53.